The largest absolute Gasteiger partial charge is 0.463 e. The number of ether oxygens (including phenoxy) is 2. The Bertz CT molecular complexity index is 1070. The summed E-state index contributed by atoms with van der Waals surface area (Å²) in [6.45, 7) is -0.171. The number of pyridine rings is 1. The molecule has 12 nitrogen and oxygen atoms in total. The van der Waals surface area contributed by atoms with Gasteiger partial charge in [0.05, 0.1) is 24.1 Å². The van der Waals surface area contributed by atoms with Crippen molar-refractivity contribution in [1.82, 2.24) is 25.2 Å². The Labute approximate surface area is 199 Å². The molecule has 2 aromatic heterocycles. The Hall–Kier alpha value is -2.61. The molecular weight excluding hydrogens is 464 g/mol. The predicted molar refractivity (Wildman–Crippen MR) is 123 cm³/mol. The number of carbonyl (C=O) groups excluding carboxylic acids is 2. The van der Waals surface area contributed by atoms with Crippen molar-refractivity contribution >= 4 is 40.6 Å². The molecule has 0 aromatic carbocycles. The van der Waals surface area contributed by atoms with E-state index in [9.17, 15) is 19.8 Å². The van der Waals surface area contributed by atoms with Gasteiger partial charge in [0.2, 0.25) is 0 Å². The zero-order chi connectivity index (χ0) is 23.8. The molecule has 0 saturated carbocycles. The lowest BCUT2D eigenvalue weighted by Gasteiger charge is -2.17. The number of hydrogen-bond acceptors (Lipinski definition) is 10. The van der Waals surface area contributed by atoms with Gasteiger partial charge in [-0.2, -0.15) is 11.8 Å². The molecule has 3 aliphatic rings. The summed E-state index contributed by atoms with van der Waals surface area (Å²) in [5.74, 6) is 0.523. The van der Waals surface area contributed by atoms with Gasteiger partial charge in [-0.15, -0.1) is 0 Å². The maximum atomic E-state index is 12.2. The SMILES string of the molecule is Nc1ccnc2c1ncn2[C@@H]1O[C@H](COC(=O)CCCC[C@@H]2SC[C@@H]3NC(=O)N[C@@H]32)C(O)[C@@H]1O. The number of nitrogens with zero attached hydrogens (tertiary/aromatic N) is 3. The van der Waals surface area contributed by atoms with Gasteiger partial charge >= 0.3 is 12.0 Å². The van der Waals surface area contributed by atoms with Gasteiger partial charge in [-0.05, 0) is 18.9 Å². The second-order valence-corrected chi connectivity index (χ2v) is 10.1. The third kappa shape index (κ3) is 4.40. The molecule has 1 unspecified atom stereocenters. The molecule has 7 atom stereocenters. The van der Waals surface area contributed by atoms with E-state index in [1.54, 1.807) is 6.07 Å². The molecule has 3 aliphatic heterocycles. The second kappa shape index (κ2) is 9.56. The Morgan fingerprint density at radius 3 is 3.00 bits per heavy atom. The van der Waals surface area contributed by atoms with Crippen molar-refractivity contribution in [2.24, 2.45) is 0 Å². The Morgan fingerprint density at radius 1 is 1.29 bits per heavy atom. The molecule has 2 amide bonds. The molecule has 3 fully saturated rings. The van der Waals surface area contributed by atoms with E-state index in [0.717, 1.165) is 18.6 Å². The van der Waals surface area contributed by atoms with Gasteiger partial charge in [0.15, 0.2) is 11.9 Å². The summed E-state index contributed by atoms with van der Waals surface area (Å²) < 4.78 is 12.6. The van der Waals surface area contributed by atoms with Crippen molar-refractivity contribution in [1.29, 1.82) is 0 Å². The highest BCUT2D eigenvalue weighted by Gasteiger charge is 2.45. The number of nitrogen functional groups attached to an aromatic ring is 1. The van der Waals surface area contributed by atoms with Crippen LogP contribution in [0.25, 0.3) is 11.2 Å². The topological polar surface area (TPSA) is 174 Å². The van der Waals surface area contributed by atoms with Crippen LogP contribution in [0.3, 0.4) is 0 Å². The fraction of sp³-hybridized carbons (Fsp3) is 0.619. The number of nitrogens with two attached hydrogens (primary N) is 1. The highest BCUT2D eigenvalue weighted by atomic mass is 32.2. The fourth-order valence-corrected chi connectivity index (χ4v) is 6.28. The number of anilines is 1. The molecular formula is C21H28N6O6S. The van der Waals surface area contributed by atoms with E-state index in [0.29, 0.717) is 28.5 Å². The molecule has 0 bridgehead atoms. The lowest BCUT2D eigenvalue weighted by Crippen LogP contribution is -2.36. The van der Waals surface area contributed by atoms with E-state index in [1.165, 1.54) is 17.1 Å². The van der Waals surface area contributed by atoms with Crippen molar-refractivity contribution in [3.63, 3.8) is 0 Å². The highest BCUT2D eigenvalue weighted by Crippen LogP contribution is 2.34. The Kier molecular flexibility index (Phi) is 6.51. The van der Waals surface area contributed by atoms with Crippen LogP contribution >= 0.6 is 11.8 Å². The van der Waals surface area contributed by atoms with Crippen LogP contribution in [-0.4, -0.2) is 84.8 Å². The number of aromatic nitrogens is 3. The Balaban J connectivity index is 1.07. The first-order valence-corrected chi connectivity index (χ1v) is 12.4. The van der Waals surface area contributed by atoms with E-state index < -0.39 is 24.5 Å². The lowest BCUT2D eigenvalue weighted by molar-refractivity contribution is -0.150. The fourth-order valence-electron chi connectivity index (χ4n) is 4.74. The van der Waals surface area contributed by atoms with Crippen LogP contribution in [0.2, 0.25) is 0 Å². The average Bonchev–Trinajstić information content (AvgIpc) is 3.56. The van der Waals surface area contributed by atoms with Crippen LogP contribution in [0.1, 0.15) is 31.9 Å². The normalized spacial score (nSPS) is 32.5. The smallest absolute Gasteiger partial charge is 0.315 e. The van der Waals surface area contributed by atoms with Crippen LogP contribution in [0.15, 0.2) is 18.6 Å². The molecule has 6 N–H and O–H groups in total. The zero-order valence-corrected chi connectivity index (χ0v) is 19.2. The first-order valence-electron chi connectivity index (χ1n) is 11.3. The van der Waals surface area contributed by atoms with Crippen LogP contribution in [0.4, 0.5) is 10.5 Å². The van der Waals surface area contributed by atoms with E-state index in [2.05, 4.69) is 20.6 Å². The summed E-state index contributed by atoms with van der Waals surface area (Å²) >= 11 is 1.84. The van der Waals surface area contributed by atoms with Crippen molar-refractivity contribution in [2.75, 3.05) is 18.1 Å². The van der Waals surface area contributed by atoms with Gasteiger partial charge in [-0.25, -0.2) is 14.8 Å². The van der Waals surface area contributed by atoms with Crippen molar-refractivity contribution in [3.05, 3.63) is 18.6 Å². The molecule has 0 aliphatic carbocycles. The van der Waals surface area contributed by atoms with Crippen LogP contribution < -0.4 is 16.4 Å². The number of hydrogen-bond donors (Lipinski definition) is 5. The minimum absolute atomic E-state index is 0.103. The molecule has 34 heavy (non-hydrogen) atoms. The van der Waals surface area contributed by atoms with Gasteiger partial charge in [-0.3, -0.25) is 9.36 Å². The van der Waals surface area contributed by atoms with Crippen LogP contribution in [0.5, 0.6) is 0 Å². The van der Waals surface area contributed by atoms with Gasteiger partial charge in [-0.1, -0.05) is 6.42 Å². The van der Waals surface area contributed by atoms with Gasteiger partial charge in [0.1, 0.15) is 30.4 Å². The number of rotatable bonds is 8. The number of aliphatic hydroxyl groups excluding tert-OH is 2. The molecule has 5 heterocycles. The third-order valence-corrected chi connectivity index (χ3v) is 8.08. The van der Waals surface area contributed by atoms with Crippen LogP contribution in [0, 0.1) is 0 Å². The molecule has 184 valence electrons. The molecule has 5 rings (SSSR count). The maximum Gasteiger partial charge on any atom is 0.315 e. The summed E-state index contributed by atoms with van der Waals surface area (Å²) in [6, 6.07) is 1.87. The standard InChI is InChI=1S/C21H28N6O6S/c22-10-5-6-23-19-15(10)24-9-27(19)20-18(30)17(29)12(33-20)7-32-14(28)4-2-1-3-13-16-11(8-34-13)25-21(31)26-16/h5-6,9,11-13,16-18,20,29-30H,1-4,7-8H2,(H2,22,23)(H2,25,26,31)/t11-,12+,13-,16-,17?,18-,20+/m0/s1. The molecule has 3 saturated heterocycles. The van der Waals surface area contributed by atoms with Gasteiger partial charge in [0.25, 0.3) is 0 Å². The van der Waals surface area contributed by atoms with Crippen molar-refractivity contribution < 1.29 is 29.3 Å². The maximum absolute atomic E-state index is 12.2. The number of thioether (sulfide) groups is 1. The number of fused-ring (bicyclic) bond motifs is 2. The van der Waals surface area contributed by atoms with E-state index in [4.69, 9.17) is 15.2 Å². The average molecular weight is 493 g/mol. The first kappa shape index (κ1) is 23.1. The summed E-state index contributed by atoms with van der Waals surface area (Å²) in [7, 11) is 0. The van der Waals surface area contributed by atoms with E-state index in [-0.39, 0.29) is 37.1 Å². The molecule has 0 spiro atoms. The summed E-state index contributed by atoms with van der Waals surface area (Å²) in [5.41, 5.74) is 7.25. The lowest BCUT2D eigenvalue weighted by atomic mass is 10.0. The summed E-state index contributed by atoms with van der Waals surface area (Å²) in [6.07, 6.45) is 1.35. The number of esters is 1. The number of aliphatic hydroxyl groups is 2. The number of imidazole rings is 1. The minimum atomic E-state index is -1.25. The number of unbranched alkanes of at least 4 members (excludes halogenated alkanes) is 1. The number of urea groups is 1. The number of amides is 2. The zero-order valence-electron chi connectivity index (χ0n) is 18.4. The minimum Gasteiger partial charge on any atom is -0.463 e. The number of carbonyl (C=O) groups is 2. The summed E-state index contributed by atoms with van der Waals surface area (Å²) in [5, 5.41) is 27.1. The summed E-state index contributed by atoms with van der Waals surface area (Å²) in [4.78, 5) is 32.1. The van der Waals surface area contributed by atoms with E-state index >= 15 is 0 Å². The Morgan fingerprint density at radius 2 is 2.15 bits per heavy atom. The van der Waals surface area contributed by atoms with Crippen molar-refractivity contribution in [3.8, 4) is 0 Å². The molecule has 13 heteroatoms. The number of nitrogens with one attached hydrogen (secondary N) is 2. The van der Waals surface area contributed by atoms with E-state index in [1.807, 2.05) is 11.8 Å². The van der Waals surface area contributed by atoms with Crippen LogP contribution in [-0.2, 0) is 14.3 Å². The second-order valence-electron chi connectivity index (χ2n) is 8.82. The first-order chi connectivity index (χ1) is 16.4. The van der Waals surface area contributed by atoms with Crippen molar-refractivity contribution in [2.45, 2.75) is 67.6 Å². The third-order valence-electron chi connectivity index (χ3n) is 6.57. The predicted octanol–water partition coefficient (Wildman–Crippen LogP) is -0.0983. The monoisotopic (exact) mass is 492 g/mol. The van der Waals surface area contributed by atoms with Gasteiger partial charge < -0.3 is 36.1 Å². The molecule has 2 aromatic rings. The molecule has 0 radical (unpaired) electrons. The highest BCUT2D eigenvalue weighted by molar-refractivity contribution is 8.00. The quantitative estimate of drug-likeness (QED) is 0.190. The van der Waals surface area contributed by atoms with Gasteiger partial charge in [0, 0.05) is 23.6 Å².